The molecule has 3 nitrogen and oxygen atoms in total. The van der Waals surface area contributed by atoms with Crippen molar-refractivity contribution in [1.82, 2.24) is 4.90 Å². The summed E-state index contributed by atoms with van der Waals surface area (Å²) in [4.78, 5) is 24.0. The molecule has 0 saturated carbocycles. The lowest BCUT2D eigenvalue weighted by Gasteiger charge is -2.12. The van der Waals surface area contributed by atoms with Gasteiger partial charge in [0.1, 0.15) is 0 Å². The zero-order valence-corrected chi connectivity index (χ0v) is 8.04. The molecule has 0 spiro atoms. The molecule has 0 N–H and O–H groups in total. The van der Waals surface area contributed by atoms with Gasteiger partial charge >= 0.3 is 0 Å². The zero-order chi connectivity index (χ0) is 9.87. The maximum Gasteiger partial charge on any atom is 0.236 e. The van der Waals surface area contributed by atoms with E-state index in [0.29, 0.717) is 0 Å². The van der Waals surface area contributed by atoms with Crippen LogP contribution in [0.25, 0.3) is 0 Å². The Morgan fingerprint density at radius 2 is 1.71 bits per heavy atom. The highest BCUT2D eigenvalue weighted by Crippen LogP contribution is 2.52. The van der Waals surface area contributed by atoms with Crippen LogP contribution in [0.5, 0.6) is 0 Å². The van der Waals surface area contributed by atoms with Crippen molar-refractivity contribution >= 4 is 23.6 Å². The van der Waals surface area contributed by atoms with Crippen LogP contribution in [0.3, 0.4) is 0 Å². The van der Waals surface area contributed by atoms with Gasteiger partial charge in [0.25, 0.3) is 0 Å². The van der Waals surface area contributed by atoms with Gasteiger partial charge in [0.2, 0.25) is 11.8 Å². The van der Waals surface area contributed by atoms with E-state index in [1.54, 1.807) is 11.8 Å². The van der Waals surface area contributed by atoms with E-state index in [4.69, 9.17) is 0 Å². The van der Waals surface area contributed by atoms with Gasteiger partial charge in [0.05, 0.1) is 11.8 Å². The highest BCUT2D eigenvalue weighted by Gasteiger charge is 2.59. The van der Waals surface area contributed by atoms with Gasteiger partial charge in [-0.05, 0) is 0 Å². The molecule has 3 aliphatic rings. The Bertz CT molecular complexity index is 327. The third-order valence-electron chi connectivity index (χ3n) is 3.12. The molecule has 3 heterocycles. The number of fused-ring (bicyclic) bond motifs is 5. The molecule has 74 valence electrons. The number of imide groups is 1. The maximum atomic E-state index is 12.4. The first kappa shape index (κ1) is 8.47. The molecular formula is C9H8FNO2S. The first-order valence-corrected chi connectivity index (χ1v) is 5.43. The average molecular weight is 213 g/mol. The minimum Gasteiger partial charge on any atom is -0.274 e. The second-order valence-corrected chi connectivity index (χ2v) is 5.09. The zero-order valence-electron chi connectivity index (χ0n) is 7.22. The first-order chi connectivity index (χ1) is 6.74. The molecule has 0 aromatic rings. The van der Waals surface area contributed by atoms with Crippen LogP contribution < -0.4 is 0 Å². The lowest BCUT2D eigenvalue weighted by molar-refractivity contribution is -0.141. The molecule has 0 aromatic carbocycles. The van der Waals surface area contributed by atoms with E-state index < -0.39 is 6.80 Å². The smallest absolute Gasteiger partial charge is 0.236 e. The van der Waals surface area contributed by atoms with Crippen molar-refractivity contribution in [3.8, 4) is 0 Å². The topological polar surface area (TPSA) is 37.4 Å². The Morgan fingerprint density at radius 1 is 1.21 bits per heavy atom. The van der Waals surface area contributed by atoms with E-state index in [0.717, 1.165) is 4.90 Å². The SMILES string of the molecule is O=C1C2C3C=CC(S3)C2C(=O)N1CF. The third-order valence-corrected chi connectivity index (χ3v) is 4.65. The van der Waals surface area contributed by atoms with Crippen LogP contribution in [0.15, 0.2) is 12.2 Å². The summed E-state index contributed by atoms with van der Waals surface area (Å²) in [5, 5.41) is 0.191. The molecule has 2 amide bonds. The van der Waals surface area contributed by atoms with E-state index in [1.807, 2.05) is 12.2 Å². The highest BCUT2D eigenvalue weighted by atomic mass is 32.2. The lowest BCUT2D eigenvalue weighted by atomic mass is 9.85. The highest BCUT2D eigenvalue weighted by molar-refractivity contribution is 8.01. The van der Waals surface area contributed by atoms with E-state index in [-0.39, 0.29) is 34.2 Å². The normalized spacial score (nSPS) is 43.9. The number of hydrogen-bond acceptors (Lipinski definition) is 3. The molecule has 4 atom stereocenters. The Kier molecular flexibility index (Phi) is 1.57. The van der Waals surface area contributed by atoms with E-state index >= 15 is 0 Å². The number of carbonyl (C=O) groups is 2. The summed E-state index contributed by atoms with van der Waals surface area (Å²) < 4.78 is 12.4. The van der Waals surface area contributed by atoms with Gasteiger partial charge in [-0.3, -0.25) is 14.5 Å². The van der Waals surface area contributed by atoms with Crippen molar-refractivity contribution in [3.05, 3.63) is 12.2 Å². The standard InChI is InChI=1S/C9H8FNO2S/c10-3-11-8(12)6-4-1-2-5(14-4)7(6)9(11)13/h1-2,4-7H,3H2. The number of hydrogen-bond donors (Lipinski definition) is 0. The van der Waals surface area contributed by atoms with Gasteiger partial charge in [-0.15, -0.1) is 11.8 Å². The molecule has 0 radical (unpaired) electrons. The summed E-state index contributed by atoms with van der Waals surface area (Å²) in [6.45, 7) is -0.977. The average Bonchev–Trinajstić information content (AvgIpc) is 2.80. The number of carbonyl (C=O) groups excluding carboxylic acids is 2. The maximum absolute atomic E-state index is 12.4. The number of alkyl halides is 1. The lowest BCUT2D eigenvalue weighted by Crippen LogP contribution is -2.32. The summed E-state index contributed by atoms with van der Waals surface area (Å²) in [7, 11) is 0. The van der Waals surface area contributed by atoms with Crippen molar-refractivity contribution in [2.24, 2.45) is 11.8 Å². The largest absolute Gasteiger partial charge is 0.274 e. The third kappa shape index (κ3) is 0.791. The second kappa shape index (κ2) is 2.59. The molecule has 14 heavy (non-hydrogen) atoms. The molecule has 2 saturated heterocycles. The number of rotatable bonds is 1. The fourth-order valence-corrected chi connectivity index (χ4v) is 4.12. The minimum atomic E-state index is -0.977. The molecule has 3 aliphatic heterocycles. The fraction of sp³-hybridized carbons (Fsp3) is 0.556. The molecule has 4 unspecified atom stereocenters. The minimum absolute atomic E-state index is 0.0954. The van der Waals surface area contributed by atoms with Crippen LogP contribution >= 0.6 is 11.8 Å². The monoisotopic (exact) mass is 213 g/mol. The van der Waals surface area contributed by atoms with Gasteiger partial charge in [0.15, 0.2) is 6.80 Å². The van der Waals surface area contributed by atoms with Crippen molar-refractivity contribution in [2.75, 3.05) is 6.80 Å². The van der Waals surface area contributed by atoms with E-state index in [2.05, 4.69) is 0 Å². The van der Waals surface area contributed by atoms with Gasteiger partial charge < -0.3 is 0 Å². The quantitative estimate of drug-likeness (QED) is 0.363. The molecule has 3 rings (SSSR count). The van der Waals surface area contributed by atoms with Crippen LogP contribution in [-0.2, 0) is 9.59 Å². The number of thioether (sulfide) groups is 1. The van der Waals surface area contributed by atoms with Crippen LogP contribution in [0.2, 0.25) is 0 Å². The molecule has 5 heteroatoms. The summed E-state index contributed by atoms with van der Waals surface area (Å²) in [5.41, 5.74) is 0. The van der Waals surface area contributed by atoms with E-state index in [9.17, 15) is 14.0 Å². The number of halogens is 1. The Hall–Kier alpha value is -0.840. The predicted molar refractivity (Wildman–Crippen MR) is 49.1 cm³/mol. The Balaban J connectivity index is 2.02. The van der Waals surface area contributed by atoms with Crippen LogP contribution in [0, 0.1) is 11.8 Å². The molecule has 0 aliphatic carbocycles. The van der Waals surface area contributed by atoms with Gasteiger partial charge in [-0.1, -0.05) is 12.2 Å². The number of amides is 2. The van der Waals surface area contributed by atoms with Crippen molar-refractivity contribution in [3.63, 3.8) is 0 Å². The summed E-state index contributed by atoms with van der Waals surface area (Å²) >= 11 is 1.64. The predicted octanol–water partition coefficient (Wildman–Crippen LogP) is 0.568. The van der Waals surface area contributed by atoms with Gasteiger partial charge in [-0.25, -0.2) is 4.39 Å². The van der Waals surface area contributed by atoms with Crippen LogP contribution in [0.1, 0.15) is 0 Å². The number of likely N-dealkylation sites (tertiary alicyclic amines) is 1. The molecule has 0 aromatic heterocycles. The Morgan fingerprint density at radius 3 is 2.14 bits per heavy atom. The van der Waals surface area contributed by atoms with Crippen molar-refractivity contribution < 1.29 is 14.0 Å². The van der Waals surface area contributed by atoms with Gasteiger partial charge in [0, 0.05) is 10.5 Å². The van der Waals surface area contributed by atoms with Crippen molar-refractivity contribution in [2.45, 2.75) is 10.5 Å². The second-order valence-electron chi connectivity index (χ2n) is 3.73. The Labute approximate surface area is 84.3 Å². The first-order valence-electron chi connectivity index (χ1n) is 4.49. The fourth-order valence-electron chi connectivity index (χ4n) is 2.48. The molecule has 2 bridgehead atoms. The number of nitrogens with zero attached hydrogens (tertiary/aromatic N) is 1. The molecular weight excluding hydrogens is 205 g/mol. The summed E-state index contributed by atoms with van der Waals surface area (Å²) in [6.07, 6.45) is 3.92. The summed E-state index contributed by atoms with van der Waals surface area (Å²) in [6, 6.07) is 0. The van der Waals surface area contributed by atoms with E-state index in [1.165, 1.54) is 0 Å². The van der Waals surface area contributed by atoms with Crippen LogP contribution in [-0.4, -0.2) is 34.0 Å². The van der Waals surface area contributed by atoms with Gasteiger partial charge in [-0.2, -0.15) is 0 Å². The van der Waals surface area contributed by atoms with Crippen molar-refractivity contribution in [1.29, 1.82) is 0 Å². The molecule has 2 fully saturated rings. The van der Waals surface area contributed by atoms with Crippen LogP contribution in [0.4, 0.5) is 4.39 Å². The summed E-state index contributed by atoms with van der Waals surface area (Å²) in [5.74, 6) is -1.24.